The van der Waals surface area contributed by atoms with Gasteiger partial charge in [0.05, 0.1) is 0 Å². The number of fused-ring (bicyclic) bond motifs is 1. The zero-order valence-electron chi connectivity index (χ0n) is 10.6. The smallest absolute Gasteiger partial charge is 0.272 e. The Bertz CT molecular complexity index is 842. The summed E-state index contributed by atoms with van der Waals surface area (Å²) in [6.07, 6.45) is 0. The Morgan fingerprint density at radius 1 is 0.952 bits per heavy atom. The molecule has 0 spiro atoms. The van der Waals surface area contributed by atoms with Gasteiger partial charge >= 0.3 is 0 Å². The number of hydrogen-bond acceptors (Lipinski definition) is 1. The van der Waals surface area contributed by atoms with E-state index in [0.29, 0.717) is 10.9 Å². The number of carbonyl (C=O) groups excluding carboxylic acids is 1. The minimum atomic E-state index is -1.05. The monoisotopic (exact) mass is 290 g/mol. The summed E-state index contributed by atoms with van der Waals surface area (Å²) in [5, 5.41) is 2.98. The lowest BCUT2D eigenvalue weighted by molar-refractivity contribution is 0.102. The minimum absolute atomic E-state index is 0.128. The van der Waals surface area contributed by atoms with Crippen LogP contribution in [-0.4, -0.2) is 10.9 Å². The molecule has 0 aliphatic heterocycles. The fourth-order valence-corrected chi connectivity index (χ4v) is 2.00. The van der Waals surface area contributed by atoms with Crippen molar-refractivity contribution >= 4 is 22.5 Å². The van der Waals surface area contributed by atoms with E-state index in [9.17, 15) is 18.0 Å². The van der Waals surface area contributed by atoms with Crippen molar-refractivity contribution < 1.29 is 18.0 Å². The lowest BCUT2D eigenvalue weighted by Crippen LogP contribution is -2.12. The third-order valence-corrected chi connectivity index (χ3v) is 3.00. The Labute approximate surface area is 117 Å². The van der Waals surface area contributed by atoms with Gasteiger partial charge in [-0.1, -0.05) is 0 Å². The summed E-state index contributed by atoms with van der Waals surface area (Å²) in [4.78, 5) is 14.8. The van der Waals surface area contributed by atoms with Gasteiger partial charge in [0.25, 0.3) is 5.91 Å². The first kappa shape index (κ1) is 13.2. The second-order valence-corrected chi connectivity index (χ2v) is 4.50. The Morgan fingerprint density at radius 2 is 1.76 bits per heavy atom. The van der Waals surface area contributed by atoms with Crippen molar-refractivity contribution in [1.29, 1.82) is 0 Å². The third kappa shape index (κ3) is 2.60. The van der Waals surface area contributed by atoms with Crippen LogP contribution in [0.3, 0.4) is 0 Å². The molecule has 2 N–H and O–H groups in total. The molecule has 0 aliphatic carbocycles. The summed E-state index contributed by atoms with van der Waals surface area (Å²) in [6, 6.07) is 8.61. The van der Waals surface area contributed by atoms with Gasteiger partial charge in [-0.25, -0.2) is 13.2 Å². The van der Waals surface area contributed by atoms with Gasteiger partial charge in [-0.2, -0.15) is 0 Å². The largest absolute Gasteiger partial charge is 0.351 e. The van der Waals surface area contributed by atoms with Gasteiger partial charge < -0.3 is 10.3 Å². The standard InChI is InChI=1S/C15H9F3N2O/c16-9-1-4-13-8(5-9)6-14(20-13)15(21)19-10-2-3-11(17)12(18)7-10/h1-7,20H,(H,19,21). The molecular formula is C15H9F3N2O. The van der Waals surface area contributed by atoms with Crippen molar-refractivity contribution in [2.45, 2.75) is 0 Å². The maximum atomic E-state index is 13.1. The molecule has 0 fully saturated rings. The van der Waals surface area contributed by atoms with E-state index < -0.39 is 23.4 Å². The molecule has 0 atom stereocenters. The van der Waals surface area contributed by atoms with E-state index in [1.807, 2.05) is 0 Å². The molecule has 0 saturated heterocycles. The molecule has 6 heteroatoms. The van der Waals surface area contributed by atoms with Crippen LogP contribution in [0.2, 0.25) is 0 Å². The fraction of sp³-hybridized carbons (Fsp3) is 0. The molecule has 0 bridgehead atoms. The summed E-state index contributed by atoms with van der Waals surface area (Å²) < 4.78 is 39.0. The van der Waals surface area contributed by atoms with Gasteiger partial charge in [0.15, 0.2) is 11.6 Å². The summed E-state index contributed by atoms with van der Waals surface area (Å²) in [7, 11) is 0. The molecule has 0 saturated carbocycles. The van der Waals surface area contributed by atoms with Crippen molar-refractivity contribution in [3.8, 4) is 0 Å². The summed E-state index contributed by atoms with van der Waals surface area (Å²) >= 11 is 0. The number of carbonyl (C=O) groups is 1. The summed E-state index contributed by atoms with van der Waals surface area (Å²) in [5.41, 5.74) is 0.927. The molecule has 21 heavy (non-hydrogen) atoms. The second kappa shape index (κ2) is 4.97. The van der Waals surface area contributed by atoms with Crippen LogP contribution in [0.25, 0.3) is 10.9 Å². The van der Waals surface area contributed by atoms with Crippen LogP contribution >= 0.6 is 0 Å². The van der Waals surface area contributed by atoms with E-state index >= 15 is 0 Å². The van der Waals surface area contributed by atoms with Crippen LogP contribution in [-0.2, 0) is 0 Å². The van der Waals surface area contributed by atoms with Crippen LogP contribution in [0.15, 0.2) is 42.5 Å². The highest BCUT2D eigenvalue weighted by molar-refractivity contribution is 6.05. The quantitative estimate of drug-likeness (QED) is 0.740. The highest BCUT2D eigenvalue weighted by Crippen LogP contribution is 2.18. The predicted molar refractivity (Wildman–Crippen MR) is 72.6 cm³/mol. The van der Waals surface area contributed by atoms with E-state index in [1.165, 1.54) is 30.3 Å². The summed E-state index contributed by atoms with van der Waals surface area (Å²) in [6.45, 7) is 0. The highest BCUT2D eigenvalue weighted by Gasteiger charge is 2.11. The van der Waals surface area contributed by atoms with E-state index in [2.05, 4.69) is 10.3 Å². The second-order valence-electron chi connectivity index (χ2n) is 4.50. The third-order valence-electron chi connectivity index (χ3n) is 3.00. The first-order valence-corrected chi connectivity index (χ1v) is 6.07. The molecule has 3 aromatic rings. The number of anilines is 1. The van der Waals surface area contributed by atoms with E-state index in [1.54, 1.807) is 0 Å². The molecular weight excluding hydrogens is 281 g/mol. The van der Waals surface area contributed by atoms with Crippen LogP contribution in [0.1, 0.15) is 10.5 Å². The van der Waals surface area contributed by atoms with Crippen LogP contribution < -0.4 is 5.32 Å². The molecule has 2 aromatic carbocycles. The average Bonchev–Trinajstić information content (AvgIpc) is 2.86. The SMILES string of the molecule is O=C(Nc1ccc(F)c(F)c1)c1cc2cc(F)ccc2[nH]1. The van der Waals surface area contributed by atoms with E-state index in [4.69, 9.17) is 0 Å². The number of rotatable bonds is 2. The molecule has 1 heterocycles. The maximum Gasteiger partial charge on any atom is 0.272 e. The van der Waals surface area contributed by atoms with Crippen molar-refractivity contribution in [2.24, 2.45) is 0 Å². The van der Waals surface area contributed by atoms with Crippen molar-refractivity contribution in [2.75, 3.05) is 5.32 Å². The number of hydrogen-bond donors (Lipinski definition) is 2. The first-order valence-electron chi connectivity index (χ1n) is 6.07. The van der Waals surface area contributed by atoms with Crippen LogP contribution in [0.4, 0.5) is 18.9 Å². The Morgan fingerprint density at radius 3 is 2.52 bits per heavy atom. The number of halogens is 3. The highest BCUT2D eigenvalue weighted by atomic mass is 19.2. The normalized spacial score (nSPS) is 10.8. The number of H-pyrrole nitrogens is 1. The Kier molecular flexibility index (Phi) is 3.13. The maximum absolute atomic E-state index is 13.1. The van der Waals surface area contributed by atoms with Crippen LogP contribution in [0, 0.1) is 17.5 Å². The van der Waals surface area contributed by atoms with Crippen LogP contribution in [0.5, 0.6) is 0 Å². The topological polar surface area (TPSA) is 44.9 Å². The Balaban J connectivity index is 1.87. The predicted octanol–water partition coefficient (Wildman–Crippen LogP) is 3.84. The first-order chi connectivity index (χ1) is 10.0. The van der Waals surface area contributed by atoms with Gasteiger partial charge in [-0.15, -0.1) is 0 Å². The molecule has 3 nitrogen and oxygen atoms in total. The zero-order valence-corrected chi connectivity index (χ0v) is 10.6. The van der Waals surface area contributed by atoms with Crippen molar-refractivity contribution in [1.82, 2.24) is 4.98 Å². The molecule has 1 aromatic heterocycles. The van der Waals surface area contributed by atoms with E-state index in [-0.39, 0.29) is 11.4 Å². The fourth-order valence-electron chi connectivity index (χ4n) is 2.00. The minimum Gasteiger partial charge on any atom is -0.351 e. The molecule has 0 unspecified atom stereocenters. The molecule has 1 amide bonds. The van der Waals surface area contributed by atoms with Gasteiger partial charge in [-0.05, 0) is 36.4 Å². The number of aromatic nitrogens is 1. The molecule has 106 valence electrons. The van der Waals surface area contributed by atoms with Crippen molar-refractivity contribution in [3.05, 3.63) is 65.6 Å². The number of nitrogens with one attached hydrogen (secondary N) is 2. The number of benzene rings is 2. The van der Waals surface area contributed by atoms with Gasteiger partial charge in [-0.3, -0.25) is 4.79 Å². The molecule has 0 aliphatic rings. The lowest BCUT2D eigenvalue weighted by atomic mass is 10.2. The summed E-state index contributed by atoms with van der Waals surface area (Å²) in [5.74, 6) is -2.98. The molecule has 3 rings (SSSR count). The lowest BCUT2D eigenvalue weighted by Gasteiger charge is -2.03. The van der Waals surface area contributed by atoms with Gasteiger partial charge in [0.1, 0.15) is 11.5 Å². The Hall–Kier alpha value is -2.76. The van der Waals surface area contributed by atoms with Gasteiger partial charge in [0.2, 0.25) is 0 Å². The van der Waals surface area contributed by atoms with Crippen molar-refractivity contribution in [3.63, 3.8) is 0 Å². The average molecular weight is 290 g/mol. The number of amides is 1. The van der Waals surface area contributed by atoms with Gasteiger partial charge in [0, 0.05) is 22.7 Å². The molecule has 0 radical (unpaired) electrons. The zero-order chi connectivity index (χ0) is 15.0. The number of aromatic amines is 1. The van der Waals surface area contributed by atoms with E-state index in [0.717, 1.165) is 12.1 Å².